The van der Waals surface area contributed by atoms with Crippen LogP contribution in [0.15, 0.2) is 91.0 Å². The molecule has 3 aromatic rings. The molecule has 1 spiro atoms. The molecular formula is C37H45N3O3. The van der Waals surface area contributed by atoms with E-state index in [1.165, 1.54) is 5.56 Å². The van der Waals surface area contributed by atoms with Crippen LogP contribution in [0.1, 0.15) is 62.5 Å². The zero-order valence-corrected chi connectivity index (χ0v) is 25.5. The van der Waals surface area contributed by atoms with Crippen molar-refractivity contribution in [1.82, 2.24) is 9.80 Å². The SMILES string of the molecule is CN(C(=O)OCc1ccccc1)C1CCC(CCN2CCC3(CC2)CCN(c2ccccc2)C3=O)(c2ccccc2)CC1. The lowest BCUT2D eigenvalue weighted by Crippen LogP contribution is -2.47. The first kappa shape index (κ1) is 29.4. The second-order valence-electron chi connectivity index (χ2n) is 12.9. The molecule has 6 heteroatoms. The van der Waals surface area contributed by atoms with Gasteiger partial charge in [-0.3, -0.25) is 4.79 Å². The van der Waals surface area contributed by atoms with Crippen molar-refractivity contribution in [2.45, 2.75) is 69.4 Å². The van der Waals surface area contributed by atoms with Gasteiger partial charge in [0.05, 0.1) is 5.41 Å². The Labute approximate surface area is 256 Å². The van der Waals surface area contributed by atoms with Gasteiger partial charge in [0.25, 0.3) is 0 Å². The lowest BCUT2D eigenvalue weighted by atomic mass is 9.66. The number of hydrogen-bond donors (Lipinski definition) is 0. The summed E-state index contributed by atoms with van der Waals surface area (Å²) in [5.74, 6) is 0.323. The van der Waals surface area contributed by atoms with E-state index in [9.17, 15) is 9.59 Å². The van der Waals surface area contributed by atoms with Gasteiger partial charge < -0.3 is 19.4 Å². The van der Waals surface area contributed by atoms with Crippen LogP contribution in [0, 0.1) is 5.41 Å². The third-order valence-electron chi connectivity index (χ3n) is 10.6. The monoisotopic (exact) mass is 579 g/mol. The number of likely N-dealkylation sites (tertiary alicyclic amines) is 1. The maximum atomic E-state index is 13.5. The van der Waals surface area contributed by atoms with Crippen LogP contribution in [0.5, 0.6) is 0 Å². The van der Waals surface area contributed by atoms with Crippen LogP contribution in [-0.4, -0.2) is 61.1 Å². The first-order valence-electron chi connectivity index (χ1n) is 16.1. The van der Waals surface area contributed by atoms with E-state index in [-0.39, 0.29) is 23.0 Å². The van der Waals surface area contributed by atoms with Gasteiger partial charge in [0.2, 0.25) is 5.91 Å². The Hall–Kier alpha value is -3.64. The highest BCUT2D eigenvalue weighted by molar-refractivity contribution is 6.00. The average Bonchev–Trinajstić information content (AvgIpc) is 3.39. The summed E-state index contributed by atoms with van der Waals surface area (Å²) in [5.41, 5.74) is 3.37. The minimum absolute atomic E-state index is 0.106. The van der Waals surface area contributed by atoms with Crippen LogP contribution in [0.4, 0.5) is 10.5 Å². The van der Waals surface area contributed by atoms with Crippen molar-refractivity contribution in [3.63, 3.8) is 0 Å². The fraction of sp³-hybridized carbons (Fsp3) is 0.459. The molecule has 0 N–H and O–H groups in total. The molecule has 1 aliphatic carbocycles. The third kappa shape index (κ3) is 6.35. The minimum Gasteiger partial charge on any atom is -0.445 e. The number of carbonyl (C=O) groups excluding carboxylic acids is 2. The van der Waals surface area contributed by atoms with Crippen LogP contribution in [-0.2, 0) is 21.6 Å². The van der Waals surface area contributed by atoms with Gasteiger partial charge in [-0.2, -0.15) is 0 Å². The second-order valence-corrected chi connectivity index (χ2v) is 12.9. The summed E-state index contributed by atoms with van der Waals surface area (Å²) in [7, 11) is 1.89. The van der Waals surface area contributed by atoms with Gasteiger partial charge in [0, 0.05) is 25.3 Å². The van der Waals surface area contributed by atoms with Crippen molar-refractivity contribution in [2.75, 3.05) is 38.1 Å². The van der Waals surface area contributed by atoms with Crippen LogP contribution < -0.4 is 4.90 Å². The molecule has 2 amide bonds. The van der Waals surface area contributed by atoms with E-state index < -0.39 is 0 Å². The maximum absolute atomic E-state index is 13.5. The number of para-hydroxylation sites is 1. The Bertz CT molecular complexity index is 1350. The summed E-state index contributed by atoms with van der Waals surface area (Å²) >= 11 is 0. The summed E-state index contributed by atoms with van der Waals surface area (Å²) in [5, 5.41) is 0. The van der Waals surface area contributed by atoms with Gasteiger partial charge in [0.15, 0.2) is 0 Å². The van der Waals surface area contributed by atoms with Gasteiger partial charge in [-0.15, -0.1) is 0 Å². The molecule has 0 atom stereocenters. The molecule has 6 rings (SSSR count). The molecule has 3 fully saturated rings. The Morgan fingerprint density at radius 1 is 0.814 bits per heavy atom. The fourth-order valence-electron chi connectivity index (χ4n) is 7.70. The van der Waals surface area contributed by atoms with Gasteiger partial charge in [-0.05, 0) is 99.7 Å². The standard InChI is InChI=1S/C37H45N3O3/c1-38(35(42)43-29-30-11-5-2-6-12-30)32-17-19-36(20-18-32,31-13-7-3-8-14-31)21-25-39-26-22-37(23-27-39)24-28-40(34(37)41)33-15-9-4-10-16-33/h2-16,32H,17-29H2,1H3. The summed E-state index contributed by atoms with van der Waals surface area (Å²) in [6.07, 6.45) is 7.78. The molecule has 3 aliphatic rings. The average molecular weight is 580 g/mol. The number of rotatable bonds is 8. The number of hydrogen-bond acceptors (Lipinski definition) is 4. The molecule has 0 aromatic heterocycles. The molecule has 43 heavy (non-hydrogen) atoms. The van der Waals surface area contributed by atoms with E-state index in [0.29, 0.717) is 12.5 Å². The number of amides is 2. The summed E-state index contributed by atoms with van der Waals surface area (Å²) in [6.45, 7) is 4.14. The zero-order chi connectivity index (χ0) is 29.7. The summed E-state index contributed by atoms with van der Waals surface area (Å²) in [6, 6.07) is 31.2. The molecule has 2 heterocycles. The lowest BCUT2D eigenvalue weighted by molar-refractivity contribution is -0.128. The number of piperidine rings is 1. The van der Waals surface area contributed by atoms with Gasteiger partial charge in [0.1, 0.15) is 6.61 Å². The van der Waals surface area contributed by atoms with Crippen molar-refractivity contribution < 1.29 is 14.3 Å². The largest absolute Gasteiger partial charge is 0.445 e. The van der Waals surface area contributed by atoms with E-state index in [4.69, 9.17) is 4.74 Å². The second kappa shape index (κ2) is 12.9. The number of ether oxygens (including phenoxy) is 1. The predicted molar refractivity (Wildman–Crippen MR) is 171 cm³/mol. The summed E-state index contributed by atoms with van der Waals surface area (Å²) in [4.78, 5) is 32.8. The molecule has 6 nitrogen and oxygen atoms in total. The van der Waals surface area contributed by atoms with E-state index in [2.05, 4.69) is 47.4 Å². The number of carbonyl (C=O) groups is 2. The molecule has 3 aromatic carbocycles. The normalized spacial score (nSPS) is 23.8. The van der Waals surface area contributed by atoms with Crippen molar-refractivity contribution in [2.24, 2.45) is 5.41 Å². The summed E-state index contributed by atoms with van der Waals surface area (Å²) < 4.78 is 5.64. The Morgan fingerprint density at radius 2 is 1.40 bits per heavy atom. The molecule has 0 bridgehead atoms. The van der Waals surface area contributed by atoms with Crippen LogP contribution in [0.3, 0.4) is 0 Å². The smallest absolute Gasteiger partial charge is 0.410 e. The van der Waals surface area contributed by atoms with Crippen molar-refractivity contribution in [3.05, 3.63) is 102 Å². The van der Waals surface area contributed by atoms with E-state index in [0.717, 1.165) is 88.8 Å². The number of nitrogens with zero attached hydrogens (tertiary/aromatic N) is 3. The van der Waals surface area contributed by atoms with Crippen molar-refractivity contribution >= 4 is 17.7 Å². The Balaban J connectivity index is 1.04. The topological polar surface area (TPSA) is 53.1 Å². The van der Waals surface area contributed by atoms with Gasteiger partial charge in [-0.1, -0.05) is 78.9 Å². The van der Waals surface area contributed by atoms with E-state index >= 15 is 0 Å². The molecular weight excluding hydrogens is 534 g/mol. The molecule has 1 saturated carbocycles. The van der Waals surface area contributed by atoms with E-state index in [1.54, 1.807) is 0 Å². The van der Waals surface area contributed by atoms with Crippen LogP contribution in [0.25, 0.3) is 0 Å². The quantitative estimate of drug-likeness (QED) is 0.287. The van der Waals surface area contributed by atoms with Crippen molar-refractivity contribution in [1.29, 1.82) is 0 Å². The van der Waals surface area contributed by atoms with E-state index in [1.807, 2.05) is 65.4 Å². The van der Waals surface area contributed by atoms with Gasteiger partial charge >= 0.3 is 6.09 Å². The van der Waals surface area contributed by atoms with Crippen LogP contribution in [0.2, 0.25) is 0 Å². The number of benzene rings is 3. The first-order valence-corrected chi connectivity index (χ1v) is 16.1. The fourth-order valence-corrected chi connectivity index (χ4v) is 7.70. The third-order valence-corrected chi connectivity index (χ3v) is 10.6. The molecule has 2 aliphatic heterocycles. The molecule has 226 valence electrons. The molecule has 0 unspecified atom stereocenters. The Kier molecular flexibility index (Phi) is 8.85. The maximum Gasteiger partial charge on any atom is 0.410 e. The Morgan fingerprint density at radius 3 is 2.05 bits per heavy atom. The predicted octanol–water partition coefficient (Wildman–Crippen LogP) is 7.04. The van der Waals surface area contributed by atoms with Gasteiger partial charge in [-0.25, -0.2) is 4.79 Å². The minimum atomic E-state index is -0.240. The molecule has 0 radical (unpaired) electrons. The zero-order valence-electron chi connectivity index (χ0n) is 25.5. The van der Waals surface area contributed by atoms with Crippen LogP contribution >= 0.6 is 0 Å². The molecule has 2 saturated heterocycles. The highest BCUT2D eigenvalue weighted by atomic mass is 16.6. The highest BCUT2D eigenvalue weighted by Crippen LogP contribution is 2.46. The van der Waals surface area contributed by atoms with Crippen molar-refractivity contribution in [3.8, 4) is 0 Å². The lowest BCUT2D eigenvalue weighted by Gasteiger charge is -2.45. The highest BCUT2D eigenvalue weighted by Gasteiger charge is 2.48. The number of anilines is 1. The first-order chi connectivity index (χ1) is 21.0.